The molecule has 0 amide bonds. The topological polar surface area (TPSA) is 55.5 Å². The fourth-order valence-electron chi connectivity index (χ4n) is 0.832. The van der Waals surface area contributed by atoms with E-state index in [1.807, 2.05) is 0 Å². The van der Waals surface area contributed by atoms with Crippen LogP contribution in [0.4, 0.5) is 0 Å². The second-order valence-corrected chi connectivity index (χ2v) is 2.06. The maximum atomic E-state index is 8.78. The van der Waals surface area contributed by atoms with Gasteiger partial charge in [0.2, 0.25) is 0 Å². The molecule has 3 nitrogen and oxygen atoms in total. The molecule has 2 unspecified atom stereocenters. The van der Waals surface area contributed by atoms with Crippen LogP contribution in [0, 0.1) is 0 Å². The van der Waals surface area contributed by atoms with E-state index in [-0.39, 0.29) is 6.23 Å². The number of rotatable bonds is 0. The van der Waals surface area contributed by atoms with E-state index in [1.165, 1.54) is 0 Å². The Kier molecular flexibility index (Phi) is 1.83. The molecule has 0 radical (unpaired) electrons. The predicted molar refractivity (Wildman–Crippen MR) is 28.9 cm³/mol. The highest BCUT2D eigenvalue weighted by Gasteiger charge is 2.15. The highest BCUT2D eigenvalue weighted by Crippen LogP contribution is 2.12. The minimum atomic E-state index is -0.612. The average Bonchev–Trinajstić information content (AvgIpc) is 1.64. The van der Waals surface area contributed by atoms with E-state index in [9.17, 15) is 0 Å². The molecule has 1 aliphatic heterocycles. The standard InChI is InChI=1S/C5H11NO2/c6-4-2-1-3-5(7)8-4/h4-5,7H,1-3,6H2. The van der Waals surface area contributed by atoms with Crippen LogP contribution in [-0.2, 0) is 4.74 Å². The van der Waals surface area contributed by atoms with Gasteiger partial charge >= 0.3 is 0 Å². The molecule has 0 aromatic heterocycles. The fourth-order valence-corrected chi connectivity index (χ4v) is 0.832. The number of nitrogens with two attached hydrogens (primary N) is 1. The van der Waals surface area contributed by atoms with Gasteiger partial charge in [0, 0.05) is 0 Å². The van der Waals surface area contributed by atoms with Crippen LogP contribution in [0.3, 0.4) is 0 Å². The van der Waals surface area contributed by atoms with Gasteiger partial charge in [-0.2, -0.15) is 0 Å². The molecule has 3 heteroatoms. The van der Waals surface area contributed by atoms with Gasteiger partial charge in [-0.25, -0.2) is 0 Å². The van der Waals surface area contributed by atoms with Gasteiger partial charge in [-0.3, -0.25) is 0 Å². The Labute approximate surface area is 48.4 Å². The van der Waals surface area contributed by atoms with Crippen molar-refractivity contribution in [1.29, 1.82) is 0 Å². The number of hydrogen-bond donors (Lipinski definition) is 2. The van der Waals surface area contributed by atoms with Crippen LogP contribution in [0.15, 0.2) is 0 Å². The molecule has 0 saturated carbocycles. The second-order valence-electron chi connectivity index (χ2n) is 2.06. The first-order valence-electron chi connectivity index (χ1n) is 2.88. The zero-order valence-electron chi connectivity index (χ0n) is 4.71. The Morgan fingerprint density at radius 1 is 1.50 bits per heavy atom. The Morgan fingerprint density at radius 2 is 2.25 bits per heavy atom. The van der Waals surface area contributed by atoms with Crippen molar-refractivity contribution in [2.75, 3.05) is 0 Å². The third-order valence-electron chi connectivity index (χ3n) is 1.27. The first kappa shape index (κ1) is 6.01. The van der Waals surface area contributed by atoms with E-state index in [4.69, 9.17) is 15.6 Å². The van der Waals surface area contributed by atoms with E-state index in [2.05, 4.69) is 0 Å². The molecule has 0 aromatic rings. The van der Waals surface area contributed by atoms with Gasteiger partial charge in [0.25, 0.3) is 0 Å². The monoisotopic (exact) mass is 117 g/mol. The Hall–Kier alpha value is -0.120. The van der Waals surface area contributed by atoms with Gasteiger partial charge in [-0.1, -0.05) is 0 Å². The van der Waals surface area contributed by atoms with Crippen molar-refractivity contribution in [3.63, 3.8) is 0 Å². The van der Waals surface area contributed by atoms with Crippen LogP contribution < -0.4 is 5.73 Å². The van der Waals surface area contributed by atoms with E-state index in [0.717, 1.165) is 19.3 Å². The predicted octanol–water partition coefficient (Wildman–Crippen LogP) is -0.210. The molecule has 3 N–H and O–H groups in total. The molecule has 1 fully saturated rings. The van der Waals surface area contributed by atoms with Crippen LogP contribution in [0.25, 0.3) is 0 Å². The van der Waals surface area contributed by atoms with Crippen molar-refractivity contribution in [3.8, 4) is 0 Å². The van der Waals surface area contributed by atoms with Crippen molar-refractivity contribution in [1.82, 2.24) is 0 Å². The lowest BCUT2D eigenvalue weighted by Gasteiger charge is -2.22. The lowest BCUT2D eigenvalue weighted by Crippen LogP contribution is -2.33. The minimum Gasteiger partial charge on any atom is -0.368 e. The molecule has 1 heterocycles. The lowest BCUT2D eigenvalue weighted by atomic mass is 10.2. The molecule has 2 atom stereocenters. The number of hydrogen-bond acceptors (Lipinski definition) is 3. The summed E-state index contributed by atoms with van der Waals surface area (Å²) >= 11 is 0. The smallest absolute Gasteiger partial charge is 0.156 e. The molecule has 0 bridgehead atoms. The van der Waals surface area contributed by atoms with Crippen LogP contribution in [0.5, 0.6) is 0 Å². The van der Waals surface area contributed by atoms with Gasteiger partial charge in [-0.15, -0.1) is 0 Å². The number of aliphatic hydroxyl groups excluding tert-OH is 1. The lowest BCUT2D eigenvalue weighted by molar-refractivity contribution is -0.160. The van der Waals surface area contributed by atoms with Crippen molar-refractivity contribution < 1.29 is 9.84 Å². The number of ether oxygens (including phenoxy) is 1. The van der Waals surface area contributed by atoms with Gasteiger partial charge in [0.1, 0.15) is 6.23 Å². The third-order valence-corrected chi connectivity index (χ3v) is 1.27. The van der Waals surface area contributed by atoms with Crippen LogP contribution in [-0.4, -0.2) is 17.6 Å². The SMILES string of the molecule is NC1CCCC(O)O1. The summed E-state index contributed by atoms with van der Waals surface area (Å²) in [5.41, 5.74) is 5.34. The first-order chi connectivity index (χ1) is 3.79. The Morgan fingerprint density at radius 3 is 2.62 bits per heavy atom. The maximum Gasteiger partial charge on any atom is 0.156 e. The van der Waals surface area contributed by atoms with Crippen molar-refractivity contribution >= 4 is 0 Å². The molecular weight excluding hydrogens is 106 g/mol. The third kappa shape index (κ3) is 1.43. The molecular formula is C5H11NO2. The molecule has 1 saturated heterocycles. The molecule has 1 aliphatic rings. The summed E-state index contributed by atoms with van der Waals surface area (Å²) in [4.78, 5) is 0. The second kappa shape index (κ2) is 2.44. The number of aliphatic hydroxyl groups is 1. The van der Waals surface area contributed by atoms with Gasteiger partial charge in [0.05, 0.1) is 0 Å². The molecule has 1 rings (SSSR count). The Bertz CT molecular complexity index is 68.8. The van der Waals surface area contributed by atoms with Crippen molar-refractivity contribution in [3.05, 3.63) is 0 Å². The summed E-state index contributed by atoms with van der Waals surface area (Å²) in [7, 11) is 0. The Balaban J connectivity index is 2.23. The minimum absolute atomic E-state index is 0.237. The largest absolute Gasteiger partial charge is 0.368 e. The van der Waals surface area contributed by atoms with Crippen molar-refractivity contribution in [2.24, 2.45) is 5.73 Å². The summed E-state index contributed by atoms with van der Waals surface area (Å²) in [6, 6.07) is 0. The van der Waals surface area contributed by atoms with Crippen molar-refractivity contribution in [2.45, 2.75) is 31.8 Å². The molecule has 8 heavy (non-hydrogen) atoms. The zero-order chi connectivity index (χ0) is 5.98. The molecule has 0 aromatic carbocycles. The average molecular weight is 117 g/mol. The molecule has 0 aliphatic carbocycles. The maximum absolute atomic E-state index is 8.78. The van der Waals surface area contributed by atoms with Crippen LogP contribution in [0.1, 0.15) is 19.3 Å². The molecule has 0 spiro atoms. The summed E-state index contributed by atoms with van der Waals surface area (Å²) < 4.78 is 4.82. The van der Waals surface area contributed by atoms with Gasteiger partial charge in [-0.05, 0) is 19.3 Å². The zero-order valence-corrected chi connectivity index (χ0v) is 4.71. The van der Waals surface area contributed by atoms with E-state index >= 15 is 0 Å². The van der Waals surface area contributed by atoms with Gasteiger partial charge < -0.3 is 15.6 Å². The van der Waals surface area contributed by atoms with Crippen LogP contribution >= 0.6 is 0 Å². The van der Waals surface area contributed by atoms with Gasteiger partial charge in [0.15, 0.2) is 6.29 Å². The van der Waals surface area contributed by atoms with E-state index < -0.39 is 6.29 Å². The fraction of sp³-hybridized carbons (Fsp3) is 1.00. The normalized spacial score (nSPS) is 39.8. The summed E-state index contributed by atoms with van der Waals surface area (Å²) in [6.45, 7) is 0. The first-order valence-corrected chi connectivity index (χ1v) is 2.88. The summed E-state index contributed by atoms with van der Waals surface area (Å²) in [5, 5.41) is 8.78. The van der Waals surface area contributed by atoms with E-state index in [1.54, 1.807) is 0 Å². The molecule has 48 valence electrons. The summed E-state index contributed by atoms with van der Waals surface area (Å²) in [6.07, 6.45) is 1.73. The highest BCUT2D eigenvalue weighted by molar-refractivity contribution is 4.57. The quantitative estimate of drug-likeness (QED) is 0.461. The van der Waals surface area contributed by atoms with Crippen LogP contribution in [0.2, 0.25) is 0 Å². The summed E-state index contributed by atoms with van der Waals surface area (Å²) in [5.74, 6) is 0. The van der Waals surface area contributed by atoms with E-state index in [0.29, 0.717) is 0 Å². The highest BCUT2D eigenvalue weighted by atomic mass is 16.6.